The van der Waals surface area contributed by atoms with E-state index in [4.69, 9.17) is 5.10 Å². The molecule has 0 bridgehead atoms. The van der Waals surface area contributed by atoms with Crippen molar-refractivity contribution >= 4 is 23.2 Å². The first-order valence-electron chi connectivity index (χ1n) is 14.4. The van der Waals surface area contributed by atoms with Gasteiger partial charge in [-0.25, -0.2) is 18.7 Å². The number of aromatic nitrogens is 3. The van der Waals surface area contributed by atoms with Crippen molar-refractivity contribution in [3.8, 4) is 11.3 Å². The summed E-state index contributed by atoms with van der Waals surface area (Å²) in [7, 11) is 1.32. The molecule has 216 valence electrons. The minimum atomic E-state index is -0.485. The number of allylic oxidation sites excluding steroid dienone is 2. The molecule has 4 aromatic rings. The lowest BCUT2D eigenvalue weighted by Gasteiger charge is -2.11. The Kier molecular flexibility index (Phi) is 7.49. The van der Waals surface area contributed by atoms with E-state index in [0.29, 0.717) is 41.5 Å². The fraction of sp³-hybridized carbons (Fsp3) is 0.333. The number of fused-ring (bicyclic) bond motifs is 1. The van der Waals surface area contributed by atoms with Crippen molar-refractivity contribution in [2.24, 2.45) is 0 Å². The highest BCUT2D eigenvalue weighted by molar-refractivity contribution is 5.93. The largest absolute Gasteiger partial charge is 0.453 e. The highest BCUT2D eigenvalue weighted by atomic mass is 19.1. The maximum atomic E-state index is 15.3. The van der Waals surface area contributed by atoms with Gasteiger partial charge in [0.2, 0.25) is 0 Å². The quantitative estimate of drug-likeness (QED) is 0.258. The van der Waals surface area contributed by atoms with Gasteiger partial charge in [0.15, 0.2) is 5.65 Å². The molecule has 2 N–H and O–H groups in total. The number of hydrogen-bond donors (Lipinski definition) is 2. The van der Waals surface area contributed by atoms with Gasteiger partial charge in [0, 0.05) is 41.7 Å². The van der Waals surface area contributed by atoms with Gasteiger partial charge in [0.25, 0.3) is 5.91 Å². The van der Waals surface area contributed by atoms with Crippen LogP contribution in [0.2, 0.25) is 0 Å². The number of alkyl carbamates (subject to hydrolysis) is 1. The summed E-state index contributed by atoms with van der Waals surface area (Å²) in [6.45, 7) is 4.59. The van der Waals surface area contributed by atoms with E-state index in [1.807, 2.05) is 31.2 Å². The van der Waals surface area contributed by atoms with Crippen molar-refractivity contribution in [3.05, 3.63) is 94.6 Å². The van der Waals surface area contributed by atoms with E-state index in [-0.39, 0.29) is 23.7 Å². The van der Waals surface area contributed by atoms with Crippen LogP contribution in [0.3, 0.4) is 0 Å². The Morgan fingerprint density at radius 1 is 1.14 bits per heavy atom. The van der Waals surface area contributed by atoms with Crippen LogP contribution < -0.4 is 10.6 Å². The number of methoxy groups -OCH3 is 1. The average Bonchev–Trinajstić information content (AvgIpc) is 3.93. The molecule has 2 heterocycles. The van der Waals surface area contributed by atoms with Crippen molar-refractivity contribution in [2.45, 2.75) is 57.4 Å². The molecule has 0 radical (unpaired) electrons. The molecule has 2 aliphatic rings. The second-order valence-corrected chi connectivity index (χ2v) is 11.1. The topological polar surface area (TPSA) is 97.6 Å². The fourth-order valence-electron chi connectivity index (χ4n) is 5.50. The summed E-state index contributed by atoms with van der Waals surface area (Å²) < 4.78 is 21.7. The van der Waals surface area contributed by atoms with Crippen molar-refractivity contribution in [1.29, 1.82) is 0 Å². The molecule has 2 amide bonds. The molecule has 2 atom stereocenters. The molecular formula is C33H34FN5O3. The fourth-order valence-corrected chi connectivity index (χ4v) is 5.50. The van der Waals surface area contributed by atoms with Gasteiger partial charge in [0.05, 0.1) is 12.8 Å². The van der Waals surface area contributed by atoms with Crippen molar-refractivity contribution in [2.75, 3.05) is 13.7 Å². The smallest absolute Gasteiger partial charge is 0.407 e. The van der Waals surface area contributed by atoms with E-state index in [2.05, 4.69) is 45.5 Å². The molecule has 8 nitrogen and oxygen atoms in total. The summed E-state index contributed by atoms with van der Waals surface area (Å²) in [6.07, 6.45) is 5.08. The van der Waals surface area contributed by atoms with Gasteiger partial charge < -0.3 is 15.4 Å². The normalized spacial score (nSPS) is 18.1. The van der Waals surface area contributed by atoms with E-state index in [1.165, 1.54) is 29.9 Å². The van der Waals surface area contributed by atoms with E-state index in [9.17, 15) is 9.59 Å². The number of nitrogens with zero attached hydrogens (tertiary/aromatic N) is 3. The van der Waals surface area contributed by atoms with Gasteiger partial charge in [-0.1, -0.05) is 36.4 Å². The first-order chi connectivity index (χ1) is 20.4. The van der Waals surface area contributed by atoms with Crippen LogP contribution in [0, 0.1) is 5.82 Å². The highest BCUT2D eigenvalue weighted by Crippen LogP contribution is 2.43. The third-order valence-electron chi connectivity index (χ3n) is 8.21. The van der Waals surface area contributed by atoms with Crippen molar-refractivity contribution in [1.82, 2.24) is 25.2 Å². The summed E-state index contributed by atoms with van der Waals surface area (Å²) in [6, 6.07) is 16.8. The molecule has 0 spiro atoms. The van der Waals surface area contributed by atoms with Crippen LogP contribution >= 0.6 is 0 Å². The van der Waals surface area contributed by atoms with Gasteiger partial charge >= 0.3 is 6.09 Å². The first kappa shape index (κ1) is 27.6. The maximum Gasteiger partial charge on any atom is 0.407 e. The van der Waals surface area contributed by atoms with Crippen LogP contribution in [0.15, 0.2) is 60.7 Å². The number of carbonyl (C=O) groups is 2. The molecule has 2 fully saturated rings. The van der Waals surface area contributed by atoms with Crippen LogP contribution in [-0.2, 0) is 11.2 Å². The average molecular weight is 568 g/mol. The Hall–Kier alpha value is -4.53. The third-order valence-corrected chi connectivity index (χ3v) is 8.21. The number of amides is 2. The number of hydrogen-bond acceptors (Lipinski definition) is 5. The molecule has 2 aliphatic carbocycles. The van der Waals surface area contributed by atoms with Gasteiger partial charge in [0.1, 0.15) is 11.5 Å². The van der Waals surface area contributed by atoms with Gasteiger partial charge in [-0.2, -0.15) is 5.10 Å². The van der Waals surface area contributed by atoms with Gasteiger partial charge in [-0.3, -0.25) is 4.79 Å². The van der Waals surface area contributed by atoms with Crippen molar-refractivity contribution < 1.29 is 18.7 Å². The molecule has 9 heteroatoms. The maximum absolute atomic E-state index is 15.3. The van der Waals surface area contributed by atoms with Crippen molar-refractivity contribution in [3.63, 3.8) is 0 Å². The summed E-state index contributed by atoms with van der Waals surface area (Å²) in [5.74, 6) is -0.276. The molecular weight excluding hydrogens is 533 g/mol. The number of carbonyl (C=O) groups excluding carboxylic acids is 2. The lowest BCUT2D eigenvalue weighted by molar-refractivity contribution is 0.0949. The zero-order chi connectivity index (χ0) is 29.4. The van der Waals surface area contributed by atoms with E-state index < -0.39 is 6.09 Å². The third kappa shape index (κ3) is 5.64. The lowest BCUT2D eigenvalue weighted by Crippen LogP contribution is -2.27. The van der Waals surface area contributed by atoms with E-state index in [0.717, 1.165) is 30.5 Å². The summed E-state index contributed by atoms with van der Waals surface area (Å²) in [4.78, 5) is 29.3. The second kappa shape index (κ2) is 11.4. The number of benzene rings is 2. The number of ether oxygens (including phenoxy) is 1. The minimum Gasteiger partial charge on any atom is -0.453 e. The highest BCUT2D eigenvalue weighted by Gasteiger charge is 2.40. The summed E-state index contributed by atoms with van der Waals surface area (Å²) in [5, 5.41) is 10.5. The standard InChI is InChI=1S/C33H34FN5O3/c1-4-19(2)23-8-6-5-7-20(23)13-14-35-32(40)29-17-30(21-9-10-21)39-31(36-29)18-28(38-39)24-12-11-22(15-26(24)34)25-16-27(25)37-33(41)42-3/h4-8,11-12,15,17-18,21,25,27H,9-10,13-14,16H2,1-3H3,(H,35,40)(H,37,41)/b19-4-/t25-,27+/m1/s1. The Morgan fingerprint density at radius 3 is 2.69 bits per heavy atom. The molecule has 0 saturated heterocycles. The zero-order valence-electron chi connectivity index (χ0n) is 24.0. The van der Waals surface area contributed by atoms with Gasteiger partial charge in [-0.05, 0) is 80.0 Å². The molecule has 2 aromatic heterocycles. The Bertz CT molecular complexity index is 1710. The molecule has 42 heavy (non-hydrogen) atoms. The Labute approximate surface area is 244 Å². The monoisotopic (exact) mass is 567 g/mol. The first-order valence-corrected chi connectivity index (χ1v) is 14.4. The predicted octanol–water partition coefficient (Wildman–Crippen LogP) is 6.02. The SMILES string of the molecule is C/C=C(/C)c1ccccc1CCNC(=O)c1cc(C2CC2)n2nc(-c3ccc([C@H]4C[C@@H]4NC(=O)OC)cc3F)cc2n1. The molecule has 6 rings (SSSR count). The van der Waals surface area contributed by atoms with Crippen LogP contribution in [0.25, 0.3) is 22.5 Å². The number of nitrogens with one attached hydrogen (secondary N) is 2. The zero-order valence-corrected chi connectivity index (χ0v) is 24.0. The van der Waals surface area contributed by atoms with Crippen LogP contribution in [0.5, 0.6) is 0 Å². The van der Waals surface area contributed by atoms with Gasteiger partial charge in [-0.15, -0.1) is 0 Å². The van der Waals surface area contributed by atoms with Crippen LogP contribution in [0.4, 0.5) is 9.18 Å². The molecule has 0 aliphatic heterocycles. The Morgan fingerprint density at radius 2 is 1.95 bits per heavy atom. The van der Waals surface area contributed by atoms with Crippen LogP contribution in [0.1, 0.15) is 77.8 Å². The molecule has 2 saturated carbocycles. The predicted molar refractivity (Wildman–Crippen MR) is 159 cm³/mol. The van der Waals surface area contributed by atoms with E-state index in [1.54, 1.807) is 16.6 Å². The number of halogens is 1. The van der Waals surface area contributed by atoms with E-state index >= 15 is 4.39 Å². The summed E-state index contributed by atoms with van der Waals surface area (Å²) >= 11 is 0. The lowest BCUT2D eigenvalue weighted by atomic mass is 9.98. The minimum absolute atomic E-state index is 0.0542. The number of rotatable bonds is 9. The molecule has 0 unspecified atom stereocenters. The Balaban J connectivity index is 1.20. The molecule has 2 aromatic carbocycles. The van der Waals surface area contributed by atoms with Crippen LogP contribution in [-0.4, -0.2) is 46.3 Å². The second-order valence-electron chi connectivity index (χ2n) is 11.1. The summed E-state index contributed by atoms with van der Waals surface area (Å²) in [5.41, 5.74) is 6.98.